The third-order valence-electron chi connectivity index (χ3n) is 4.48. The van der Waals surface area contributed by atoms with E-state index in [1.165, 1.54) is 6.92 Å². The molecular weight excluding hydrogens is 359 g/mol. The van der Waals surface area contributed by atoms with E-state index < -0.39 is 0 Å². The summed E-state index contributed by atoms with van der Waals surface area (Å²) in [7, 11) is 0. The summed E-state index contributed by atoms with van der Waals surface area (Å²) in [5.41, 5.74) is 3.41. The van der Waals surface area contributed by atoms with Gasteiger partial charge < -0.3 is 10.2 Å². The second-order valence-electron chi connectivity index (χ2n) is 6.13. The van der Waals surface area contributed by atoms with Crippen LogP contribution in [0.25, 0.3) is 0 Å². The Morgan fingerprint density at radius 1 is 1.16 bits per heavy atom. The molecule has 3 rings (SSSR count). The zero-order valence-corrected chi connectivity index (χ0v) is 15.5. The lowest BCUT2D eigenvalue weighted by Crippen LogP contribution is -2.29. The van der Waals surface area contributed by atoms with Crippen LogP contribution in [-0.4, -0.2) is 16.7 Å². The number of carbonyl (C=O) groups excluding carboxylic acids is 2. The van der Waals surface area contributed by atoms with Crippen molar-refractivity contribution in [2.75, 3.05) is 5.32 Å². The van der Waals surface area contributed by atoms with Crippen molar-refractivity contribution in [3.8, 4) is 0 Å². The maximum atomic E-state index is 12.9. The Morgan fingerprint density at radius 2 is 1.80 bits per heavy atom. The van der Waals surface area contributed by atoms with Gasteiger partial charge in [0.2, 0.25) is 11.8 Å². The summed E-state index contributed by atoms with van der Waals surface area (Å²) >= 11 is 12.4. The van der Waals surface area contributed by atoms with Crippen molar-refractivity contribution in [2.45, 2.75) is 32.9 Å². The van der Waals surface area contributed by atoms with E-state index in [0.717, 1.165) is 16.8 Å². The molecule has 130 valence electrons. The Hall–Kier alpha value is -2.04. The number of nitrogens with one attached hydrogen (secondary N) is 1. The Kier molecular flexibility index (Phi) is 5.02. The first kappa shape index (κ1) is 17.8. The first-order valence-corrected chi connectivity index (χ1v) is 8.75. The molecule has 6 heteroatoms. The van der Waals surface area contributed by atoms with Gasteiger partial charge >= 0.3 is 0 Å². The van der Waals surface area contributed by atoms with Crippen LogP contribution in [0.2, 0.25) is 10.0 Å². The molecule has 1 aliphatic heterocycles. The maximum absolute atomic E-state index is 12.9. The zero-order chi connectivity index (χ0) is 18.1. The van der Waals surface area contributed by atoms with Gasteiger partial charge in [0.25, 0.3) is 0 Å². The van der Waals surface area contributed by atoms with Crippen LogP contribution in [0.4, 0.5) is 5.69 Å². The van der Waals surface area contributed by atoms with Crippen LogP contribution in [0.15, 0.2) is 36.4 Å². The molecule has 0 saturated carbocycles. The van der Waals surface area contributed by atoms with Gasteiger partial charge in [0.15, 0.2) is 0 Å². The Balaban J connectivity index is 1.85. The fraction of sp³-hybridized carbons (Fsp3) is 0.263. The number of rotatable bonds is 3. The summed E-state index contributed by atoms with van der Waals surface area (Å²) < 4.78 is 0. The van der Waals surface area contributed by atoms with Gasteiger partial charge in [0.1, 0.15) is 0 Å². The van der Waals surface area contributed by atoms with E-state index in [1.54, 1.807) is 23.1 Å². The van der Waals surface area contributed by atoms with Crippen LogP contribution in [0.1, 0.15) is 36.6 Å². The van der Waals surface area contributed by atoms with Crippen molar-refractivity contribution in [1.29, 1.82) is 0 Å². The molecule has 1 aliphatic rings. The average Bonchev–Trinajstić information content (AvgIpc) is 2.89. The maximum Gasteiger partial charge on any atom is 0.227 e. The molecule has 0 aliphatic carbocycles. The molecule has 4 nitrogen and oxygen atoms in total. The van der Waals surface area contributed by atoms with Crippen LogP contribution in [0, 0.1) is 0 Å². The number of fused-ring (bicyclic) bond motifs is 1. The van der Waals surface area contributed by atoms with Crippen LogP contribution < -0.4 is 5.32 Å². The molecule has 1 N–H and O–H groups in total. The van der Waals surface area contributed by atoms with E-state index in [2.05, 4.69) is 5.32 Å². The summed E-state index contributed by atoms with van der Waals surface area (Å²) in [6.45, 7) is 3.91. The SMILES string of the molecule is CC(=O)Nc1cccc2c1CN(C(=O)Cc1c(Cl)cccc1Cl)C2C. The topological polar surface area (TPSA) is 49.4 Å². The highest BCUT2D eigenvalue weighted by Crippen LogP contribution is 2.38. The zero-order valence-electron chi connectivity index (χ0n) is 14.0. The number of amides is 2. The van der Waals surface area contributed by atoms with Crippen molar-refractivity contribution in [2.24, 2.45) is 0 Å². The smallest absolute Gasteiger partial charge is 0.227 e. The van der Waals surface area contributed by atoms with Crippen LogP contribution in [0.3, 0.4) is 0 Å². The van der Waals surface area contributed by atoms with Crippen LogP contribution >= 0.6 is 23.2 Å². The van der Waals surface area contributed by atoms with E-state index in [0.29, 0.717) is 22.2 Å². The fourth-order valence-corrected chi connectivity index (χ4v) is 3.74. The molecule has 1 unspecified atom stereocenters. The average molecular weight is 377 g/mol. The molecule has 0 spiro atoms. The van der Waals surface area contributed by atoms with Crippen molar-refractivity contribution < 1.29 is 9.59 Å². The van der Waals surface area contributed by atoms with E-state index in [4.69, 9.17) is 23.2 Å². The Labute approximate surface area is 156 Å². The third-order valence-corrected chi connectivity index (χ3v) is 5.19. The van der Waals surface area contributed by atoms with E-state index in [9.17, 15) is 9.59 Å². The highest BCUT2D eigenvalue weighted by molar-refractivity contribution is 6.36. The van der Waals surface area contributed by atoms with Gasteiger partial charge in [0, 0.05) is 34.8 Å². The standard InChI is InChI=1S/C19H18Cl2N2O2/c1-11-13-5-3-8-18(22-12(2)24)15(13)10-23(11)19(25)9-14-16(20)6-4-7-17(14)21/h3-8,11H,9-10H2,1-2H3,(H,22,24). The van der Waals surface area contributed by atoms with Gasteiger partial charge in [-0.25, -0.2) is 0 Å². The second-order valence-corrected chi connectivity index (χ2v) is 6.94. The monoisotopic (exact) mass is 376 g/mol. The fourth-order valence-electron chi connectivity index (χ4n) is 3.21. The molecule has 2 aromatic rings. The number of benzene rings is 2. The minimum absolute atomic E-state index is 0.0486. The largest absolute Gasteiger partial charge is 0.331 e. The summed E-state index contributed by atoms with van der Waals surface area (Å²) in [5, 5.41) is 3.81. The van der Waals surface area contributed by atoms with E-state index in [1.807, 2.05) is 25.1 Å². The second kappa shape index (κ2) is 7.06. The lowest BCUT2D eigenvalue weighted by Gasteiger charge is -2.22. The molecular formula is C19H18Cl2N2O2. The number of anilines is 1. The van der Waals surface area contributed by atoms with Gasteiger partial charge in [-0.2, -0.15) is 0 Å². The van der Waals surface area contributed by atoms with Gasteiger partial charge in [-0.3, -0.25) is 9.59 Å². The number of nitrogens with zero attached hydrogens (tertiary/aromatic N) is 1. The predicted octanol–water partition coefficient (Wildman–Crippen LogP) is 4.60. The van der Waals surface area contributed by atoms with Crippen molar-refractivity contribution in [1.82, 2.24) is 4.90 Å². The summed E-state index contributed by atoms with van der Waals surface area (Å²) in [6.07, 6.45) is 0.145. The minimum atomic E-state index is -0.131. The highest BCUT2D eigenvalue weighted by Gasteiger charge is 2.32. The predicted molar refractivity (Wildman–Crippen MR) is 99.9 cm³/mol. The minimum Gasteiger partial charge on any atom is -0.331 e. The first-order valence-electron chi connectivity index (χ1n) is 8.00. The summed E-state index contributed by atoms with van der Waals surface area (Å²) in [6, 6.07) is 10.9. The highest BCUT2D eigenvalue weighted by atomic mass is 35.5. The summed E-state index contributed by atoms with van der Waals surface area (Å²) in [5.74, 6) is -0.179. The molecule has 2 aromatic carbocycles. The number of hydrogen-bond acceptors (Lipinski definition) is 2. The number of halogens is 2. The molecule has 0 fully saturated rings. The van der Waals surface area contributed by atoms with Crippen LogP contribution in [0.5, 0.6) is 0 Å². The van der Waals surface area contributed by atoms with Gasteiger partial charge in [-0.1, -0.05) is 41.4 Å². The van der Waals surface area contributed by atoms with Gasteiger partial charge in [-0.15, -0.1) is 0 Å². The quantitative estimate of drug-likeness (QED) is 0.850. The molecule has 25 heavy (non-hydrogen) atoms. The van der Waals surface area contributed by atoms with E-state index >= 15 is 0 Å². The molecule has 0 radical (unpaired) electrons. The van der Waals surface area contributed by atoms with Crippen molar-refractivity contribution in [3.05, 3.63) is 63.1 Å². The summed E-state index contributed by atoms with van der Waals surface area (Å²) in [4.78, 5) is 26.0. The normalized spacial score (nSPS) is 15.8. The molecule has 0 saturated heterocycles. The number of carbonyl (C=O) groups is 2. The van der Waals surface area contributed by atoms with Crippen LogP contribution in [-0.2, 0) is 22.6 Å². The van der Waals surface area contributed by atoms with Gasteiger partial charge in [0.05, 0.1) is 12.5 Å². The molecule has 0 aromatic heterocycles. The lowest BCUT2D eigenvalue weighted by molar-refractivity contribution is -0.132. The third kappa shape index (κ3) is 3.51. The van der Waals surface area contributed by atoms with E-state index in [-0.39, 0.29) is 24.3 Å². The molecule has 0 bridgehead atoms. The lowest BCUT2D eigenvalue weighted by atomic mass is 10.0. The Bertz CT molecular complexity index is 831. The first-order chi connectivity index (χ1) is 11.9. The number of hydrogen-bond donors (Lipinski definition) is 1. The molecule has 1 heterocycles. The molecule has 2 amide bonds. The molecule has 1 atom stereocenters. The Morgan fingerprint density at radius 3 is 2.44 bits per heavy atom. The van der Waals surface area contributed by atoms with Gasteiger partial charge in [-0.05, 0) is 36.2 Å². The van der Waals surface area contributed by atoms with Crippen molar-refractivity contribution in [3.63, 3.8) is 0 Å². The van der Waals surface area contributed by atoms with Crippen molar-refractivity contribution >= 4 is 40.7 Å².